The van der Waals surface area contributed by atoms with Crippen LogP contribution in [0.3, 0.4) is 0 Å². The van der Waals surface area contributed by atoms with Gasteiger partial charge in [-0.3, -0.25) is 0 Å². The highest BCUT2D eigenvalue weighted by atomic mass is 16.5. The van der Waals surface area contributed by atoms with Crippen molar-refractivity contribution in [2.45, 2.75) is 56.6 Å². The van der Waals surface area contributed by atoms with Gasteiger partial charge < -0.3 is 20.3 Å². The molecule has 0 aromatic heterocycles. The van der Waals surface area contributed by atoms with E-state index < -0.39 is 6.23 Å². The van der Waals surface area contributed by atoms with Crippen LogP contribution in [0.4, 0.5) is 5.69 Å². The molecule has 2 unspecified atom stereocenters. The number of ether oxygens (including phenoxy) is 1. The SMILES string of the molecule is C=C1C=C(C#N)CC1C(O)Nc1ccc(C2(CO)CCOCC2)cc1C1=CCCCC1. The first-order valence-electron chi connectivity index (χ1n) is 11.3. The van der Waals surface area contributed by atoms with Gasteiger partial charge in [-0.1, -0.05) is 18.7 Å². The standard InChI is InChI=1S/C26H32N2O3/c1-18-13-19(16-27)14-22(18)25(30)28-24-8-7-21(26(17-29)9-11-31-12-10-26)15-23(24)20-5-3-2-4-6-20/h5,7-8,13,15,22,25,28-30H,1-4,6,9-12,14,17H2. The van der Waals surface area contributed by atoms with E-state index in [2.05, 4.69) is 36.2 Å². The van der Waals surface area contributed by atoms with Gasteiger partial charge in [0.05, 0.1) is 12.7 Å². The Bertz CT molecular complexity index is 934. The lowest BCUT2D eigenvalue weighted by atomic mass is 9.74. The van der Waals surface area contributed by atoms with Crippen molar-refractivity contribution in [3.8, 4) is 6.07 Å². The molecule has 0 bridgehead atoms. The second kappa shape index (κ2) is 9.40. The maximum atomic E-state index is 10.9. The number of nitriles is 1. The summed E-state index contributed by atoms with van der Waals surface area (Å²) in [6.07, 6.45) is 9.83. The van der Waals surface area contributed by atoms with Crippen molar-refractivity contribution >= 4 is 11.3 Å². The highest BCUT2D eigenvalue weighted by molar-refractivity contribution is 5.78. The van der Waals surface area contributed by atoms with Gasteiger partial charge in [0, 0.05) is 41.4 Å². The third kappa shape index (κ3) is 4.48. The lowest BCUT2D eigenvalue weighted by molar-refractivity contribution is 0.0253. The van der Waals surface area contributed by atoms with Gasteiger partial charge in [-0.25, -0.2) is 0 Å². The molecule has 1 aromatic rings. The van der Waals surface area contributed by atoms with E-state index >= 15 is 0 Å². The Morgan fingerprint density at radius 1 is 1.29 bits per heavy atom. The zero-order valence-electron chi connectivity index (χ0n) is 18.1. The Morgan fingerprint density at radius 2 is 2.10 bits per heavy atom. The van der Waals surface area contributed by atoms with Crippen molar-refractivity contribution in [2.75, 3.05) is 25.1 Å². The van der Waals surface area contributed by atoms with E-state index in [1.807, 2.05) is 6.07 Å². The first-order chi connectivity index (χ1) is 15.1. The van der Waals surface area contributed by atoms with Crippen LogP contribution in [0, 0.1) is 17.2 Å². The highest BCUT2D eigenvalue weighted by Gasteiger charge is 2.35. The fourth-order valence-corrected chi connectivity index (χ4v) is 5.06. The van der Waals surface area contributed by atoms with Crippen LogP contribution in [0.5, 0.6) is 0 Å². The summed E-state index contributed by atoms with van der Waals surface area (Å²) in [4.78, 5) is 0. The Labute approximate surface area is 184 Å². The zero-order chi connectivity index (χ0) is 21.8. The summed E-state index contributed by atoms with van der Waals surface area (Å²) >= 11 is 0. The molecular weight excluding hydrogens is 388 g/mol. The van der Waals surface area contributed by atoms with Gasteiger partial charge in [-0.2, -0.15) is 5.26 Å². The number of aliphatic hydroxyl groups is 2. The number of benzene rings is 1. The molecule has 3 aliphatic rings. The molecule has 1 fully saturated rings. The molecular formula is C26H32N2O3. The summed E-state index contributed by atoms with van der Waals surface area (Å²) in [7, 11) is 0. The molecule has 2 atom stereocenters. The number of rotatable bonds is 6. The topological polar surface area (TPSA) is 85.5 Å². The normalized spacial score (nSPS) is 24.2. The van der Waals surface area contributed by atoms with Crippen LogP contribution in [0.25, 0.3) is 5.57 Å². The molecule has 5 heteroatoms. The van der Waals surface area contributed by atoms with Crippen LogP contribution in [0.15, 0.2) is 48.1 Å². The smallest absolute Gasteiger partial charge is 0.131 e. The fraction of sp³-hybridized carbons (Fsp3) is 0.500. The van der Waals surface area contributed by atoms with E-state index in [9.17, 15) is 15.5 Å². The second-order valence-electron chi connectivity index (χ2n) is 9.04. The van der Waals surface area contributed by atoms with E-state index in [1.165, 1.54) is 12.0 Å². The number of aliphatic hydroxyl groups excluding tert-OH is 2. The molecule has 2 aliphatic carbocycles. The summed E-state index contributed by atoms with van der Waals surface area (Å²) in [5.74, 6) is -0.207. The van der Waals surface area contributed by atoms with Gasteiger partial charge in [0.15, 0.2) is 0 Å². The number of allylic oxidation sites excluding steroid dienone is 4. The van der Waals surface area contributed by atoms with Crippen LogP contribution in [0.2, 0.25) is 0 Å². The van der Waals surface area contributed by atoms with E-state index in [1.54, 1.807) is 6.08 Å². The Hall–Kier alpha value is -2.39. The monoisotopic (exact) mass is 420 g/mol. The van der Waals surface area contributed by atoms with Crippen LogP contribution >= 0.6 is 0 Å². The number of nitrogens with one attached hydrogen (secondary N) is 1. The molecule has 1 aliphatic heterocycles. The number of nitrogens with zero attached hydrogens (tertiary/aromatic N) is 1. The molecule has 164 valence electrons. The van der Waals surface area contributed by atoms with Crippen LogP contribution in [0.1, 0.15) is 56.1 Å². The first kappa shape index (κ1) is 21.8. The molecule has 1 heterocycles. The molecule has 0 spiro atoms. The van der Waals surface area contributed by atoms with Gasteiger partial charge in [0.2, 0.25) is 0 Å². The van der Waals surface area contributed by atoms with Crippen molar-refractivity contribution in [2.24, 2.45) is 5.92 Å². The molecule has 0 saturated carbocycles. The zero-order valence-corrected chi connectivity index (χ0v) is 18.1. The number of hydrogen-bond acceptors (Lipinski definition) is 5. The molecule has 3 N–H and O–H groups in total. The van der Waals surface area contributed by atoms with Crippen molar-refractivity contribution in [1.82, 2.24) is 0 Å². The second-order valence-corrected chi connectivity index (χ2v) is 9.04. The summed E-state index contributed by atoms with van der Waals surface area (Å²) in [5, 5.41) is 33.7. The summed E-state index contributed by atoms with van der Waals surface area (Å²) in [6, 6.07) is 8.49. The molecule has 1 aromatic carbocycles. The molecule has 1 saturated heterocycles. The van der Waals surface area contributed by atoms with E-state index in [4.69, 9.17) is 4.74 Å². The van der Waals surface area contributed by atoms with Crippen molar-refractivity contribution in [3.63, 3.8) is 0 Å². The van der Waals surface area contributed by atoms with Gasteiger partial charge in [0.1, 0.15) is 6.23 Å². The maximum absolute atomic E-state index is 10.9. The minimum Gasteiger partial charge on any atom is -0.395 e. The van der Waals surface area contributed by atoms with E-state index in [0.717, 1.165) is 54.5 Å². The predicted octanol–water partition coefficient (Wildman–Crippen LogP) is 4.44. The van der Waals surface area contributed by atoms with Gasteiger partial charge in [-0.05, 0) is 79.9 Å². The van der Waals surface area contributed by atoms with E-state index in [-0.39, 0.29) is 17.9 Å². The third-order valence-corrected chi connectivity index (χ3v) is 7.13. The Balaban J connectivity index is 1.65. The summed E-state index contributed by atoms with van der Waals surface area (Å²) in [5.41, 5.74) is 5.60. The van der Waals surface area contributed by atoms with Gasteiger partial charge in [0.25, 0.3) is 0 Å². The fourth-order valence-electron chi connectivity index (χ4n) is 5.06. The van der Waals surface area contributed by atoms with Crippen LogP contribution in [-0.4, -0.2) is 36.3 Å². The first-order valence-corrected chi connectivity index (χ1v) is 11.3. The average molecular weight is 421 g/mol. The predicted molar refractivity (Wildman–Crippen MR) is 122 cm³/mol. The molecule has 31 heavy (non-hydrogen) atoms. The Kier molecular flexibility index (Phi) is 6.62. The molecule has 0 radical (unpaired) electrons. The minimum atomic E-state index is -0.821. The molecule has 5 nitrogen and oxygen atoms in total. The number of hydrogen-bond donors (Lipinski definition) is 3. The van der Waals surface area contributed by atoms with Gasteiger partial charge in [-0.15, -0.1) is 0 Å². The summed E-state index contributed by atoms with van der Waals surface area (Å²) in [6.45, 7) is 5.46. The van der Waals surface area contributed by atoms with Gasteiger partial charge >= 0.3 is 0 Å². The van der Waals surface area contributed by atoms with Crippen molar-refractivity contribution < 1.29 is 14.9 Å². The van der Waals surface area contributed by atoms with Crippen LogP contribution in [-0.2, 0) is 10.2 Å². The minimum absolute atomic E-state index is 0.106. The molecule has 4 rings (SSSR count). The highest BCUT2D eigenvalue weighted by Crippen LogP contribution is 2.40. The average Bonchev–Trinajstić information content (AvgIpc) is 3.21. The van der Waals surface area contributed by atoms with E-state index in [0.29, 0.717) is 25.2 Å². The van der Waals surface area contributed by atoms with Crippen molar-refractivity contribution in [1.29, 1.82) is 5.26 Å². The van der Waals surface area contributed by atoms with Crippen LogP contribution < -0.4 is 5.32 Å². The lowest BCUT2D eigenvalue weighted by Gasteiger charge is -2.37. The number of anilines is 1. The molecule has 0 amide bonds. The maximum Gasteiger partial charge on any atom is 0.131 e. The Morgan fingerprint density at radius 3 is 2.74 bits per heavy atom. The quantitative estimate of drug-likeness (QED) is 0.593. The summed E-state index contributed by atoms with van der Waals surface area (Å²) < 4.78 is 5.55. The third-order valence-electron chi connectivity index (χ3n) is 7.13. The van der Waals surface area contributed by atoms with Crippen molar-refractivity contribution in [3.05, 3.63) is 59.2 Å². The largest absolute Gasteiger partial charge is 0.395 e. The lowest BCUT2D eigenvalue weighted by Crippen LogP contribution is -2.37.